The molecule has 6 heteroatoms. The maximum atomic E-state index is 12.2. The molecule has 1 aromatic rings. The lowest BCUT2D eigenvalue weighted by molar-refractivity contribution is -0.142. The van der Waals surface area contributed by atoms with Gasteiger partial charge in [-0.15, -0.1) is 11.3 Å². The van der Waals surface area contributed by atoms with Crippen LogP contribution in [-0.2, 0) is 4.79 Å². The number of aryl methyl sites for hydroxylation is 1. The lowest BCUT2D eigenvalue weighted by Crippen LogP contribution is -2.42. The molecular formula is C12H16BrNO3S. The number of carbonyl (C=O) groups excluding carboxylic acids is 1. The first-order valence-electron chi connectivity index (χ1n) is 5.64. The van der Waals surface area contributed by atoms with Crippen molar-refractivity contribution in [3.8, 4) is 0 Å². The minimum atomic E-state index is -0.962. The van der Waals surface area contributed by atoms with Gasteiger partial charge < -0.3 is 10.0 Å². The summed E-state index contributed by atoms with van der Waals surface area (Å²) < 4.78 is 0.748. The molecule has 0 radical (unpaired) electrons. The van der Waals surface area contributed by atoms with Crippen LogP contribution < -0.4 is 0 Å². The summed E-state index contributed by atoms with van der Waals surface area (Å²) in [5.41, 5.74) is 0.530. The van der Waals surface area contributed by atoms with E-state index in [2.05, 4.69) is 15.9 Å². The van der Waals surface area contributed by atoms with Gasteiger partial charge in [-0.3, -0.25) is 4.79 Å². The Morgan fingerprint density at radius 1 is 1.56 bits per heavy atom. The predicted octanol–water partition coefficient (Wildman–Crippen LogP) is 3.14. The number of aliphatic carboxylic acids is 1. The van der Waals surface area contributed by atoms with Gasteiger partial charge in [0, 0.05) is 11.9 Å². The van der Waals surface area contributed by atoms with Crippen molar-refractivity contribution in [3.63, 3.8) is 0 Å². The van der Waals surface area contributed by atoms with Crippen LogP contribution in [0.25, 0.3) is 0 Å². The van der Waals surface area contributed by atoms with Gasteiger partial charge in [-0.05, 0) is 35.3 Å². The third-order valence-electron chi connectivity index (χ3n) is 2.68. The number of amides is 1. The second-order valence-corrected chi connectivity index (χ2v) is 6.68. The predicted molar refractivity (Wildman–Crippen MR) is 75.2 cm³/mol. The topological polar surface area (TPSA) is 57.6 Å². The van der Waals surface area contributed by atoms with Crippen molar-refractivity contribution < 1.29 is 14.7 Å². The number of hydrogen-bond acceptors (Lipinski definition) is 3. The van der Waals surface area contributed by atoms with E-state index in [0.717, 1.165) is 15.1 Å². The van der Waals surface area contributed by atoms with Crippen LogP contribution in [0.4, 0.5) is 0 Å². The quantitative estimate of drug-likeness (QED) is 0.900. The number of rotatable bonds is 5. The molecule has 1 N–H and O–H groups in total. The molecule has 18 heavy (non-hydrogen) atoms. The molecule has 1 atom stereocenters. The maximum absolute atomic E-state index is 12.2. The Balaban J connectivity index is 2.95. The van der Waals surface area contributed by atoms with Crippen molar-refractivity contribution in [3.05, 3.63) is 20.3 Å². The van der Waals surface area contributed by atoms with Gasteiger partial charge in [0.2, 0.25) is 0 Å². The summed E-state index contributed by atoms with van der Waals surface area (Å²) in [4.78, 5) is 25.7. The number of nitrogens with zero attached hydrogens (tertiary/aromatic N) is 1. The van der Waals surface area contributed by atoms with Crippen LogP contribution in [0.1, 0.15) is 35.0 Å². The average molecular weight is 334 g/mol. The number of carboxylic acids is 1. The van der Waals surface area contributed by atoms with Crippen LogP contribution in [0.5, 0.6) is 0 Å². The van der Waals surface area contributed by atoms with Crippen molar-refractivity contribution in [1.82, 2.24) is 4.90 Å². The van der Waals surface area contributed by atoms with Gasteiger partial charge in [0.25, 0.3) is 5.91 Å². The number of likely N-dealkylation sites (N-methyl/N-ethyl adjacent to an activating group) is 1. The highest BCUT2D eigenvalue weighted by atomic mass is 79.9. The molecule has 0 aliphatic rings. The zero-order chi connectivity index (χ0) is 13.9. The van der Waals surface area contributed by atoms with E-state index in [4.69, 9.17) is 5.11 Å². The molecular weight excluding hydrogens is 318 g/mol. The molecule has 100 valence electrons. The van der Waals surface area contributed by atoms with Gasteiger partial charge in [-0.2, -0.15) is 0 Å². The van der Waals surface area contributed by atoms with Gasteiger partial charge >= 0.3 is 5.97 Å². The summed E-state index contributed by atoms with van der Waals surface area (Å²) in [6.07, 6.45) is 1.18. The number of hydrogen-bond donors (Lipinski definition) is 1. The molecule has 1 heterocycles. The van der Waals surface area contributed by atoms with Crippen LogP contribution in [0, 0.1) is 6.92 Å². The maximum Gasteiger partial charge on any atom is 0.326 e. The third kappa shape index (κ3) is 3.32. The first kappa shape index (κ1) is 15.2. The Labute approximate surface area is 119 Å². The Bertz CT molecular complexity index is 458. The molecule has 0 fully saturated rings. The molecule has 1 unspecified atom stereocenters. The molecule has 0 spiro atoms. The van der Waals surface area contributed by atoms with E-state index in [1.807, 2.05) is 13.8 Å². The van der Waals surface area contributed by atoms with E-state index in [9.17, 15) is 9.59 Å². The van der Waals surface area contributed by atoms with Crippen molar-refractivity contribution in [2.75, 3.05) is 7.05 Å². The molecule has 1 aromatic heterocycles. The van der Waals surface area contributed by atoms with E-state index in [0.29, 0.717) is 12.0 Å². The van der Waals surface area contributed by atoms with Crippen LogP contribution in [0.15, 0.2) is 9.85 Å². The van der Waals surface area contributed by atoms with Gasteiger partial charge in [-0.25, -0.2) is 4.79 Å². The molecule has 1 amide bonds. The Morgan fingerprint density at radius 2 is 2.17 bits per heavy atom. The van der Waals surface area contributed by atoms with Crippen molar-refractivity contribution >= 4 is 39.1 Å². The summed E-state index contributed by atoms with van der Waals surface area (Å²) in [6.45, 7) is 3.81. The first-order chi connectivity index (χ1) is 8.38. The van der Waals surface area contributed by atoms with Crippen LogP contribution in [0.3, 0.4) is 0 Å². The van der Waals surface area contributed by atoms with Crippen LogP contribution in [0.2, 0.25) is 0 Å². The number of thiophene rings is 1. The first-order valence-corrected chi connectivity index (χ1v) is 7.25. The second-order valence-electron chi connectivity index (χ2n) is 4.10. The number of carboxylic acid groups (broad SMARTS) is 1. The fourth-order valence-electron chi connectivity index (χ4n) is 1.72. The van der Waals surface area contributed by atoms with E-state index in [1.165, 1.54) is 23.3 Å². The molecule has 0 aromatic carbocycles. The third-order valence-corrected chi connectivity index (χ3v) is 4.43. The smallest absolute Gasteiger partial charge is 0.326 e. The van der Waals surface area contributed by atoms with Gasteiger partial charge in [-0.1, -0.05) is 13.3 Å². The molecule has 1 rings (SSSR count). The molecule has 0 saturated carbocycles. The molecule has 0 aliphatic carbocycles. The molecule has 0 aliphatic heterocycles. The highest BCUT2D eigenvalue weighted by Gasteiger charge is 2.28. The minimum absolute atomic E-state index is 0.257. The standard InChI is InChI=1S/C12H16BrNO3S/c1-4-5-9(12(16)17)14(3)11(15)8-6-7(2)18-10(8)13/h6,9H,4-5H2,1-3H3,(H,16,17). The SMILES string of the molecule is CCCC(C(=O)O)N(C)C(=O)c1cc(C)sc1Br. The van der Waals surface area contributed by atoms with Crippen molar-refractivity contribution in [2.24, 2.45) is 0 Å². The van der Waals surface area contributed by atoms with Gasteiger partial charge in [0.05, 0.1) is 9.35 Å². The molecule has 0 bridgehead atoms. The average Bonchev–Trinajstić information content (AvgIpc) is 2.63. The second kappa shape index (κ2) is 6.33. The summed E-state index contributed by atoms with van der Waals surface area (Å²) in [5.74, 6) is -1.22. The van der Waals surface area contributed by atoms with E-state index in [1.54, 1.807) is 6.07 Å². The van der Waals surface area contributed by atoms with Crippen LogP contribution >= 0.6 is 27.3 Å². The summed E-state index contributed by atoms with van der Waals surface area (Å²) in [7, 11) is 1.54. The van der Waals surface area contributed by atoms with E-state index >= 15 is 0 Å². The van der Waals surface area contributed by atoms with Crippen molar-refractivity contribution in [1.29, 1.82) is 0 Å². The van der Waals surface area contributed by atoms with Gasteiger partial charge in [0.1, 0.15) is 6.04 Å². The Kier molecular flexibility index (Phi) is 5.34. The van der Waals surface area contributed by atoms with Crippen LogP contribution in [-0.4, -0.2) is 35.0 Å². The summed E-state index contributed by atoms with van der Waals surface area (Å²) in [6, 6.07) is 1.01. The molecule has 4 nitrogen and oxygen atoms in total. The normalized spacial score (nSPS) is 12.2. The lowest BCUT2D eigenvalue weighted by atomic mass is 10.1. The Morgan fingerprint density at radius 3 is 2.56 bits per heavy atom. The van der Waals surface area contributed by atoms with E-state index < -0.39 is 12.0 Å². The highest BCUT2D eigenvalue weighted by molar-refractivity contribution is 9.11. The summed E-state index contributed by atoms with van der Waals surface area (Å²) in [5, 5.41) is 9.14. The fraction of sp³-hybridized carbons (Fsp3) is 0.500. The zero-order valence-corrected chi connectivity index (χ0v) is 13.0. The number of halogens is 1. The number of carbonyl (C=O) groups is 2. The lowest BCUT2D eigenvalue weighted by Gasteiger charge is -2.24. The largest absolute Gasteiger partial charge is 0.480 e. The van der Waals surface area contributed by atoms with Crippen molar-refractivity contribution in [2.45, 2.75) is 32.7 Å². The minimum Gasteiger partial charge on any atom is -0.480 e. The zero-order valence-electron chi connectivity index (χ0n) is 10.6. The summed E-state index contributed by atoms with van der Waals surface area (Å²) >= 11 is 4.80. The fourth-order valence-corrected chi connectivity index (χ4v) is 3.49. The Hall–Kier alpha value is -0.880. The monoisotopic (exact) mass is 333 g/mol. The van der Waals surface area contributed by atoms with Gasteiger partial charge in [0.15, 0.2) is 0 Å². The molecule has 0 saturated heterocycles. The highest BCUT2D eigenvalue weighted by Crippen LogP contribution is 2.29. The van der Waals surface area contributed by atoms with E-state index in [-0.39, 0.29) is 5.91 Å².